The summed E-state index contributed by atoms with van der Waals surface area (Å²) < 4.78 is 11.3. The molecule has 0 atom stereocenters. The zero-order valence-electron chi connectivity index (χ0n) is 20.8. The highest BCUT2D eigenvalue weighted by molar-refractivity contribution is 7.16. The van der Waals surface area contributed by atoms with E-state index in [4.69, 9.17) is 19.6 Å². The third-order valence-corrected chi connectivity index (χ3v) is 6.72. The van der Waals surface area contributed by atoms with Crippen molar-refractivity contribution in [1.29, 1.82) is 5.26 Å². The number of ether oxygens (including phenoxy) is 2. The van der Waals surface area contributed by atoms with Crippen LogP contribution < -0.4 is 20.1 Å². The normalized spacial score (nSPS) is 10.6. The number of aryl methyl sites for hydroxylation is 1. The third-order valence-electron chi connectivity index (χ3n) is 5.59. The van der Waals surface area contributed by atoms with Crippen LogP contribution in [0.4, 0.5) is 11.6 Å². The van der Waals surface area contributed by atoms with E-state index in [1.165, 1.54) is 0 Å². The van der Waals surface area contributed by atoms with E-state index in [2.05, 4.69) is 21.7 Å². The van der Waals surface area contributed by atoms with Crippen LogP contribution in [0.2, 0.25) is 0 Å². The number of aliphatic hydroxyl groups is 1. The van der Waals surface area contributed by atoms with E-state index in [-0.39, 0.29) is 6.61 Å². The summed E-state index contributed by atoms with van der Waals surface area (Å²) >= 11 is 1.54. The monoisotopic (exact) mass is 515 g/mol. The van der Waals surface area contributed by atoms with Crippen LogP contribution in [-0.4, -0.2) is 48.5 Å². The van der Waals surface area contributed by atoms with E-state index in [0.717, 1.165) is 56.7 Å². The van der Waals surface area contributed by atoms with Gasteiger partial charge in [0.1, 0.15) is 17.6 Å². The minimum absolute atomic E-state index is 0.131. The molecule has 0 unspecified atom stereocenters. The summed E-state index contributed by atoms with van der Waals surface area (Å²) in [7, 11) is 1.63. The molecule has 3 N–H and O–H groups in total. The number of hydrogen-bond donors (Lipinski definition) is 3. The first kappa shape index (κ1) is 26.1. The Labute approximate surface area is 220 Å². The number of nitriles is 1. The topological polar surface area (TPSA) is 112 Å². The molecule has 2 aromatic heterocycles. The van der Waals surface area contributed by atoms with E-state index in [1.54, 1.807) is 24.6 Å². The second-order valence-electron chi connectivity index (χ2n) is 8.18. The first-order valence-corrected chi connectivity index (χ1v) is 12.8. The zero-order chi connectivity index (χ0) is 26.0. The number of methoxy groups -OCH3 is 1. The van der Waals surface area contributed by atoms with Crippen LogP contribution in [0, 0.1) is 18.3 Å². The van der Waals surface area contributed by atoms with Gasteiger partial charge >= 0.3 is 0 Å². The first-order valence-electron chi connectivity index (χ1n) is 12.0. The van der Waals surface area contributed by atoms with Crippen molar-refractivity contribution in [3.8, 4) is 39.3 Å². The molecule has 9 heteroatoms. The van der Waals surface area contributed by atoms with Crippen molar-refractivity contribution < 1.29 is 14.6 Å². The van der Waals surface area contributed by atoms with E-state index in [1.807, 2.05) is 61.5 Å². The number of nitrogens with zero attached hydrogens (tertiary/aromatic N) is 3. The molecule has 0 bridgehead atoms. The van der Waals surface area contributed by atoms with Gasteiger partial charge in [-0.05, 0) is 55.8 Å². The van der Waals surface area contributed by atoms with Crippen LogP contribution in [0.1, 0.15) is 16.9 Å². The summed E-state index contributed by atoms with van der Waals surface area (Å²) in [4.78, 5) is 11.0. The van der Waals surface area contributed by atoms with Gasteiger partial charge in [-0.25, -0.2) is 9.97 Å². The highest BCUT2D eigenvalue weighted by Crippen LogP contribution is 2.43. The van der Waals surface area contributed by atoms with Crippen LogP contribution in [0.5, 0.6) is 11.5 Å². The maximum atomic E-state index is 9.89. The molecular formula is C28H29N5O3S. The molecule has 0 aliphatic carbocycles. The predicted octanol–water partition coefficient (Wildman–Crippen LogP) is 5.16. The van der Waals surface area contributed by atoms with Crippen LogP contribution >= 0.6 is 11.3 Å². The summed E-state index contributed by atoms with van der Waals surface area (Å²) in [5, 5.41) is 25.1. The van der Waals surface area contributed by atoms with E-state index >= 15 is 0 Å². The quantitative estimate of drug-likeness (QED) is 0.222. The fourth-order valence-corrected chi connectivity index (χ4v) is 4.94. The van der Waals surface area contributed by atoms with Gasteiger partial charge in [-0.3, -0.25) is 0 Å². The fraction of sp³-hybridized carbons (Fsp3) is 0.250. The van der Waals surface area contributed by atoms with Crippen LogP contribution in [0.15, 0.2) is 60.8 Å². The smallest absolute Gasteiger partial charge is 0.227 e. The molecule has 4 aromatic rings. The highest BCUT2D eigenvalue weighted by Gasteiger charge is 2.20. The van der Waals surface area contributed by atoms with Crippen molar-refractivity contribution in [2.75, 3.05) is 38.7 Å². The number of benzene rings is 2. The van der Waals surface area contributed by atoms with Gasteiger partial charge in [-0.15, -0.1) is 11.3 Å². The number of aliphatic hydroxyl groups excluding tert-OH is 1. The van der Waals surface area contributed by atoms with Crippen molar-refractivity contribution in [2.24, 2.45) is 0 Å². The lowest BCUT2D eigenvalue weighted by Gasteiger charge is -2.11. The Morgan fingerprint density at radius 2 is 1.92 bits per heavy atom. The number of thiophene rings is 1. The maximum absolute atomic E-state index is 9.89. The molecule has 0 fully saturated rings. The molecule has 190 valence electrons. The Hall–Kier alpha value is -3.97. The number of nitrogens with one attached hydrogen (secondary N) is 2. The molecule has 0 amide bonds. The number of rotatable bonds is 12. The average molecular weight is 516 g/mol. The SMILES string of the molecule is COc1cccc(-c2c(-c3ccnc(Nc4cccc(OCCCNCCO)c4)n3)sc(C)c2C#N)c1. The molecule has 2 heterocycles. The van der Waals surface area contributed by atoms with Gasteiger partial charge in [0.05, 0.1) is 36.5 Å². The van der Waals surface area contributed by atoms with Gasteiger partial charge in [0.15, 0.2) is 0 Å². The van der Waals surface area contributed by atoms with Crippen molar-refractivity contribution in [3.05, 3.63) is 71.2 Å². The van der Waals surface area contributed by atoms with Crippen LogP contribution in [-0.2, 0) is 0 Å². The Bertz CT molecular complexity index is 1380. The molecular weight excluding hydrogens is 486 g/mol. The molecule has 37 heavy (non-hydrogen) atoms. The van der Waals surface area contributed by atoms with Gasteiger partial charge in [0, 0.05) is 34.9 Å². The van der Waals surface area contributed by atoms with Crippen molar-refractivity contribution in [2.45, 2.75) is 13.3 Å². The lowest BCUT2D eigenvalue weighted by atomic mass is 9.99. The number of anilines is 2. The van der Waals surface area contributed by atoms with Gasteiger partial charge in [-0.2, -0.15) is 5.26 Å². The molecule has 0 saturated heterocycles. The molecule has 0 radical (unpaired) electrons. The van der Waals surface area contributed by atoms with Gasteiger partial charge in [0.2, 0.25) is 5.95 Å². The maximum Gasteiger partial charge on any atom is 0.227 e. The number of aromatic nitrogens is 2. The Balaban J connectivity index is 1.55. The molecule has 0 spiro atoms. The average Bonchev–Trinajstić information content (AvgIpc) is 3.27. The molecule has 0 saturated carbocycles. The third kappa shape index (κ3) is 6.62. The summed E-state index contributed by atoms with van der Waals surface area (Å²) in [5.74, 6) is 1.92. The summed E-state index contributed by atoms with van der Waals surface area (Å²) in [6, 6.07) is 19.6. The zero-order valence-corrected chi connectivity index (χ0v) is 21.6. The Morgan fingerprint density at radius 1 is 1.08 bits per heavy atom. The van der Waals surface area contributed by atoms with Gasteiger partial charge in [0.25, 0.3) is 0 Å². The van der Waals surface area contributed by atoms with Gasteiger partial charge < -0.3 is 25.2 Å². The van der Waals surface area contributed by atoms with E-state index in [9.17, 15) is 5.26 Å². The minimum atomic E-state index is 0.131. The molecule has 0 aliphatic heterocycles. The van der Waals surface area contributed by atoms with Crippen molar-refractivity contribution in [3.63, 3.8) is 0 Å². The predicted molar refractivity (Wildman–Crippen MR) is 147 cm³/mol. The second-order valence-corrected chi connectivity index (χ2v) is 9.40. The minimum Gasteiger partial charge on any atom is -0.497 e. The fourth-order valence-electron chi connectivity index (χ4n) is 3.84. The molecule has 4 rings (SSSR count). The van der Waals surface area contributed by atoms with Crippen molar-refractivity contribution in [1.82, 2.24) is 15.3 Å². The summed E-state index contributed by atoms with van der Waals surface area (Å²) in [6.45, 7) is 4.02. The molecule has 2 aromatic carbocycles. The second kappa shape index (κ2) is 12.8. The molecule has 0 aliphatic rings. The Morgan fingerprint density at radius 3 is 2.73 bits per heavy atom. The first-order chi connectivity index (χ1) is 18.1. The van der Waals surface area contributed by atoms with Crippen LogP contribution in [0.3, 0.4) is 0 Å². The lowest BCUT2D eigenvalue weighted by molar-refractivity contribution is 0.282. The summed E-state index contributed by atoms with van der Waals surface area (Å²) in [6.07, 6.45) is 2.55. The van der Waals surface area contributed by atoms with Crippen molar-refractivity contribution >= 4 is 23.0 Å². The largest absolute Gasteiger partial charge is 0.497 e. The summed E-state index contributed by atoms with van der Waals surface area (Å²) in [5.41, 5.74) is 3.92. The van der Waals surface area contributed by atoms with Gasteiger partial charge in [-0.1, -0.05) is 18.2 Å². The van der Waals surface area contributed by atoms with E-state index in [0.29, 0.717) is 24.7 Å². The van der Waals surface area contributed by atoms with E-state index < -0.39 is 0 Å². The lowest BCUT2D eigenvalue weighted by Crippen LogP contribution is -2.20. The standard InChI is InChI=1S/C28H29N5O3S/c1-19-24(18-29)26(20-6-3-8-22(16-20)35-2)27(37-19)25-10-12-31-28(33-25)32-21-7-4-9-23(17-21)36-15-5-11-30-13-14-34/h3-4,6-10,12,16-17,30,34H,5,11,13-15H2,1-2H3,(H,31,32,33). The Kier molecular flexibility index (Phi) is 9.05. The molecule has 8 nitrogen and oxygen atoms in total. The van der Waals surface area contributed by atoms with Crippen LogP contribution in [0.25, 0.3) is 21.7 Å². The highest BCUT2D eigenvalue weighted by atomic mass is 32.1. The number of hydrogen-bond acceptors (Lipinski definition) is 9.